The van der Waals surface area contributed by atoms with Crippen molar-refractivity contribution in [1.82, 2.24) is 4.90 Å². The number of likely N-dealkylation sites (N-methyl/N-ethyl adjacent to an activating group) is 1. The van der Waals surface area contributed by atoms with Gasteiger partial charge in [-0.05, 0) is 65.2 Å². The third-order valence-corrected chi connectivity index (χ3v) is 5.81. The molecule has 1 fully saturated rings. The third kappa shape index (κ3) is 4.61. The topological polar surface area (TPSA) is 46.6 Å². The monoisotopic (exact) mass is 433 g/mol. The van der Waals surface area contributed by atoms with Crippen LogP contribution in [0.15, 0.2) is 54.0 Å². The molecule has 1 aliphatic rings. The molecule has 2 aromatic carbocycles. The van der Waals surface area contributed by atoms with Gasteiger partial charge in [-0.2, -0.15) is 0 Å². The molecule has 4 nitrogen and oxygen atoms in total. The highest BCUT2D eigenvalue weighted by Gasteiger charge is 2.31. The second-order valence-corrected chi connectivity index (χ2v) is 7.95. The van der Waals surface area contributed by atoms with Crippen LogP contribution in [0, 0.1) is 0 Å². The fraction of sp³-hybridized carbons (Fsp3) is 0.143. The predicted molar refractivity (Wildman–Crippen MR) is 115 cm³/mol. The maximum absolute atomic E-state index is 12.1. The van der Waals surface area contributed by atoms with Gasteiger partial charge in [-0.3, -0.25) is 14.5 Å². The van der Waals surface area contributed by atoms with Crippen molar-refractivity contribution in [2.24, 2.45) is 0 Å². The lowest BCUT2D eigenvalue weighted by atomic mass is 10.1. The van der Waals surface area contributed by atoms with Gasteiger partial charge in [0, 0.05) is 7.05 Å². The van der Waals surface area contributed by atoms with Crippen molar-refractivity contribution in [3.8, 4) is 5.75 Å². The average Bonchev–Trinajstić information content (AvgIpc) is 2.91. The molecule has 0 bridgehead atoms. The molecule has 1 heterocycles. The van der Waals surface area contributed by atoms with Crippen LogP contribution >= 0.6 is 35.0 Å². The molecule has 3 rings (SSSR count). The molecule has 0 aliphatic carbocycles. The summed E-state index contributed by atoms with van der Waals surface area (Å²) in [6.07, 6.45) is 4.10. The molecule has 0 unspecified atom stereocenters. The molecular weight excluding hydrogens is 417 g/mol. The Morgan fingerprint density at radius 1 is 1.14 bits per heavy atom. The van der Waals surface area contributed by atoms with Crippen LogP contribution in [0.1, 0.15) is 16.7 Å². The van der Waals surface area contributed by atoms with Gasteiger partial charge < -0.3 is 4.74 Å². The van der Waals surface area contributed by atoms with E-state index < -0.39 is 0 Å². The Balaban J connectivity index is 1.81. The highest BCUT2D eigenvalue weighted by atomic mass is 35.5. The Hall–Kier alpha value is -2.21. The van der Waals surface area contributed by atoms with Crippen molar-refractivity contribution >= 4 is 52.2 Å². The molecule has 2 aromatic rings. The number of halogens is 2. The Morgan fingerprint density at radius 2 is 1.93 bits per heavy atom. The molecule has 7 heteroatoms. The number of carbonyl (C=O) groups is 2. The molecule has 0 saturated carbocycles. The lowest BCUT2D eigenvalue weighted by Gasteiger charge is -2.12. The SMILES string of the molecule is C=CCc1cc(/C=C2\SC(=O)N(C)C2=O)ccc1OCc1ccc(Cl)c(Cl)c1. The number of nitrogens with zero attached hydrogens (tertiary/aromatic N) is 1. The summed E-state index contributed by atoms with van der Waals surface area (Å²) < 4.78 is 5.95. The number of amides is 2. The van der Waals surface area contributed by atoms with Gasteiger partial charge in [0.2, 0.25) is 0 Å². The molecule has 0 N–H and O–H groups in total. The van der Waals surface area contributed by atoms with Crippen LogP contribution in [0.5, 0.6) is 5.75 Å². The first kappa shape index (κ1) is 20.5. The van der Waals surface area contributed by atoms with E-state index in [-0.39, 0.29) is 11.1 Å². The molecule has 144 valence electrons. The van der Waals surface area contributed by atoms with Gasteiger partial charge in [-0.15, -0.1) is 6.58 Å². The van der Waals surface area contributed by atoms with Crippen molar-refractivity contribution in [1.29, 1.82) is 0 Å². The van der Waals surface area contributed by atoms with Gasteiger partial charge in [0.05, 0.1) is 15.0 Å². The summed E-state index contributed by atoms with van der Waals surface area (Å²) >= 11 is 12.9. The highest BCUT2D eigenvalue weighted by Crippen LogP contribution is 2.32. The number of allylic oxidation sites excluding steroid dienone is 1. The van der Waals surface area contributed by atoms with E-state index in [0.29, 0.717) is 33.7 Å². The van der Waals surface area contributed by atoms with E-state index in [1.807, 2.05) is 24.3 Å². The number of carbonyl (C=O) groups excluding carboxylic acids is 2. The summed E-state index contributed by atoms with van der Waals surface area (Å²) in [7, 11) is 1.47. The minimum atomic E-state index is -0.291. The number of hydrogen-bond acceptors (Lipinski definition) is 4. The fourth-order valence-corrected chi connectivity index (χ4v) is 3.78. The van der Waals surface area contributed by atoms with Crippen molar-refractivity contribution in [2.45, 2.75) is 13.0 Å². The number of ether oxygens (including phenoxy) is 1. The van der Waals surface area contributed by atoms with E-state index in [9.17, 15) is 9.59 Å². The van der Waals surface area contributed by atoms with E-state index in [4.69, 9.17) is 27.9 Å². The Bertz CT molecular complexity index is 988. The largest absolute Gasteiger partial charge is 0.489 e. The standard InChI is InChI=1S/C21H17Cl2NO3S/c1-3-4-15-9-13(11-19-20(25)24(2)21(26)28-19)6-8-18(15)27-12-14-5-7-16(22)17(23)10-14/h3,5-11H,1,4,12H2,2H3/b19-11-. The lowest BCUT2D eigenvalue weighted by molar-refractivity contribution is -0.121. The van der Waals surface area contributed by atoms with Gasteiger partial charge in [0.25, 0.3) is 11.1 Å². The predicted octanol–water partition coefficient (Wildman–Crippen LogP) is 5.97. The Kier molecular flexibility index (Phi) is 6.50. The number of imide groups is 1. The van der Waals surface area contributed by atoms with Crippen LogP contribution < -0.4 is 4.74 Å². The smallest absolute Gasteiger partial charge is 0.293 e. The van der Waals surface area contributed by atoms with Crippen molar-refractivity contribution < 1.29 is 14.3 Å². The fourth-order valence-electron chi connectivity index (χ4n) is 2.63. The first-order valence-electron chi connectivity index (χ1n) is 8.41. The number of benzene rings is 2. The number of hydrogen-bond donors (Lipinski definition) is 0. The van der Waals surface area contributed by atoms with Gasteiger partial charge in [0.15, 0.2) is 0 Å². The van der Waals surface area contributed by atoms with Crippen LogP contribution in [-0.4, -0.2) is 23.1 Å². The maximum atomic E-state index is 12.1. The lowest BCUT2D eigenvalue weighted by Crippen LogP contribution is -2.22. The maximum Gasteiger partial charge on any atom is 0.293 e. The molecular formula is C21H17Cl2NO3S. The molecule has 0 aromatic heterocycles. The Labute approximate surface area is 177 Å². The van der Waals surface area contributed by atoms with Crippen LogP contribution in [0.25, 0.3) is 6.08 Å². The van der Waals surface area contributed by atoms with Crippen molar-refractivity contribution in [2.75, 3.05) is 7.05 Å². The summed E-state index contributed by atoms with van der Waals surface area (Å²) in [6, 6.07) is 11.0. The van der Waals surface area contributed by atoms with Crippen LogP contribution in [-0.2, 0) is 17.8 Å². The molecule has 28 heavy (non-hydrogen) atoms. The average molecular weight is 434 g/mol. The summed E-state index contributed by atoms with van der Waals surface area (Å²) in [4.78, 5) is 25.2. The summed E-state index contributed by atoms with van der Waals surface area (Å²) in [5.74, 6) is 0.423. The van der Waals surface area contributed by atoms with Crippen LogP contribution in [0.4, 0.5) is 4.79 Å². The molecule has 0 atom stereocenters. The van der Waals surface area contributed by atoms with Gasteiger partial charge in [0.1, 0.15) is 12.4 Å². The zero-order valence-electron chi connectivity index (χ0n) is 15.1. The zero-order valence-corrected chi connectivity index (χ0v) is 17.4. The van der Waals surface area contributed by atoms with Gasteiger partial charge in [-0.25, -0.2) is 0 Å². The minimum Gasteiger partial charge on any atom is -0.489 e. The van der Waals surface area contributed by atoms with Gasteiger partial charge in [-0.1, -0.05) is 41.4 Å². The van der Waals surface area contributed by atoms with Crippen LogP contribution in [0.3, 0.4) is 0 Å². The molecule has 0 spiro atoms. The molecule has 0 radical (unpaired) electrons. The van der Waals surface area contributed by atoms with E-state index in [1.54, 1.807) is 24.3 Å². The zero-order chi connectivity index (χ0) is 20.3. The van der Waals surface area contributed by atoms with E-state index in [2.05, 4.69) is 6.58 Å². The quantitative estimate of drug-likeness (QED) is 0.415. The second-order valence-electron chi connectivity index (χ2n) is 6.14. The van der Waals surface area contributed by atoms with Crippen molar-refractivity contribution in [3.63, 3.8) is 0 Å². The number of thioether (sulfide) groups is 1. The molecule has 1 aliphatic heterocycles. The highest BCUT2D eigenvalue weighted by molar-refractivity contribution is 8.18. The van der Waals surface area contributed by atoms with Crippen LogP contribution in [0.2, 0.25) is 10.0 Å². The number of rotatable bonds is 6. The van der Waals surface area contributed by atoms with Gasteiger partial charge >= 0.3 is 0 Å². The third-order valence-electron chi connectivity index (χ3n) is 4.11. The summed E-state index contributed by atoms with van der Waals surface area (Å²) in [5, 5.41) is 0.706. The molecule has 1 saturated heterocycles. The first-order valence-corrected chi connectivity index (χ1v) is 9.98. The first-order chi connectivity index (χ1) is 13.4. The summed E-state index contributed by atoms with van der Waals surface area (Å²) in [5.41, 5.74) is 2.65. The Morgan fingerprint density at radius 3 is 2.57 bits per heavy atom. The van der Waals surface area contributed by atoms with E-state index in [0.717, 1.165) is 33.4 Å². The second kappa shape index (κ2) is 8.86. The van der Waals surface area contributed by atoms with E-state index >= 15 is 0 Å². The normalized spacial score (nSPS) is 15.4. The molecule has 2 amide bonds. The minimum absolute atomic E-state index is 0.274. The summed E-state index contributed by atoms with van der Waals surface area (Å²) in [6.45, 7) is 4.13. The van der Waals surface area contributed by atoms with Crippen molar-refractivity contribution in [3.05, 3.63) is 80.7 Å². The van der Waals surface area contributed by atoms with E-state index in [1.165, 1.54) is 7.05 Å².